The lowest BCUT2D eigenvalue weighted by Crippen LogP contribution is -2.33. The van der Waals surface area contributed by atoms with Crippen LogP contribution in [0.3, 0.4) is 0 Å². The number of allylic oxidation sites excluding steroid dienone is 1. The average molecular weight is 354 g/mol. The fraction of sp³-hybridized carbons (Fsp3) is 0.500. The standard InChI is InChI=1S/C18H24ClNO2S/c1-18(2,3)22-17(21)20-9-8-15-11-13(12-23-15)10-14-6-4-5-7-16(14)19/h4-7,11,13H,8-10,12H2,1-3H3,(H,20,21). The third kappa shape index (κ3) is 6.48. The van der Waals surface area contributed by atoms with Gasteiger partial charge in [0.05, 0.1) is 0 Å². The molecule has 1 aliphatic rings. The summed E-state index contributed by atoms with van der Waals surface area (Å²) in [6, 6.07) is 8.01. The van der Waals surface area contributed by atoms with Crippen molar-refractivity contribution >= 4 is 29.5 Å². The molecule has 1 atom stereocenters. The number of rotatable bonds is 5. The lowest BCUT2D eigenvalue weighted by molar-refractivity contribution is 0.0529. The minimum absolute atomic E-state index is 0.353. The van der Waals surface area contributed by atoms with Crippen LogP contribution in [-0.2, 0) is 11.2 Å². The van der Waals surface area contributed by atoms with E-state index in [0.29, 0.717) is 12.5 Å². The average Bonchev–Trinajstić information content (AvgIpc) is 2.87. The van der Waals surface area contributed by atoms with E-state index in [1.54, 1.807) is 0 Å². The summed E-state index contributed by atoms with van der Waals surface area (Å²) in [5.74, 6) is 1.59. The first-order valence-corrected chi connectivity index (χ1v) is 9.23. The Hall–Kier alpha value is -1.13. The molecule has 126 valence electrons. The van der Waals surface area contributed by atoms with E-state index in [-0.39, 0.29) is 6.09 Å². The van der Waals surface area contributed by atoms with E-state index in [0.717, 1.165) is 23.6 Å². The molecule has 1 aromatic carbocycles. The van der Waals surface area contributed by atoms with Gasteiger partial charge in [0.25, 0.3) is 0 Å². The summed E-state index contributed by atoms with van der Waals surface area (Å²) in [4.78, 5) is 12.9. The number of halogens is 1. The maximum Gasteiger partial charge on any atom is 0.407 e. The predicted molar refractivity (Wildman–Crippen MR) is 98.0 cm³/mol. The first-order valence-electron chi connectivity index (χ1n) is 7.87. The Balaban J connectivity index is 1.75. The summed E-state index contributed by atoms with van der Waals surface area (Å²) >= 11 is 8.09. The molecule has 1 unspecified atom stereocenters. The van der Waals surface area contributed by atoms with Gasteiger partial charge in [-0.05, 0) is 56.1 Å². The number of thioether (sulfide) groups is 1. The zero-order chi connectivity index (χ0) is 16.9. The Labute approximate surface area is 147 Å². The van der Waals surface area contributed by atoms with Crippen molar-refractivity contribution in [2.24, 2.45) is 5.92 Å². The highest BCUT2D eigenvalue weighted by Gasteiger charge is 2.19. The van der Waals surface area contributed by atoms with Gasteiger partial charge in [-0.2, -0.15) is 0 Å². The van der Waals surface area contributed by atoms with Crippen molar-refractivity contribution in [2.75, 3.05) is 12.3 Å². The molecular formula is C18H24ClNO2S. The van der Waals surface area contributed by atoms with Crippen molar-refractivity contribution in [3.05, 3.63) is 45.8 Å². The van der Waals surface area contributed by atoms with Crippen molar-refractivity contribution < 1.29 is 9.53 Å². The van der Waals surface area contributed by atoms with Gasteiger partial charge < -0.3 is 10.1 Å². The number of amides is 1. The summed E-state index contributed by atoms with van der Waals surface area (Å²) in [5.41, 5.74) is 0.745. The molecule has 1 N–H and O–H groups in total. The zero-order valence-corrected chi connectivity index (χ0v) is 15.5. The van der Waals surface area contributed by atoms with Gasteiger partial charge in [-0.25, -0.2) is 4.79 Å². The normalized spacial score (nSPS) is 17.7. The number of nitrogens with one attached hydrogen (secondary N) is 1. The van der Waals surface area contributed by atoms with Gasteiger partial charge >= 0.3 is 6.09 Å². The van der Waals surface area contributed by atoms with E-state index in [1.807, 2.05) is 50.7 Å². The summed E-state index contributed by atoms with van der Waals surface area (Å²) in [6.45, 7) is 6.19. The van der Waals surface area contributed by atoms with Crippen LogP contribution in [0.2, 0.25) is 5.02 Å². The SMILES string of the molecule is CC(C)(C)OC(=O)NCCC1=CC(Cc2ccccc2Cl)CS1. The number of ether oxygens (including phenoxy) is 1. The van der Waals surface area contributed by atoms with Crippen molar-refractivity contribution in [3.63, 3.8) is 0 Å². The predicted octanol–water partition coefficient (Wildman–Crippen LogP) is 5.04. The molecule has 23 heavy (non-hydrogen) atoms. The van der Waals surface area contributed by atoms with E-state index in [1.165, 1.54) is 10.5 Å². The van der Waals surface area contributed by atoms with Gasteiger partial charge in [-0.3, -0.25) is 0 Å². The molecule has 0 fully saturated rings. The fourth-order valence-electron chi connectivity index (χ4n) is 2.39. The molecule has 2 rings (SSSR count). The largest absolute Gasteiger partial charge is 0.444 e. The van der Waals surface area contributed by atoms with Crippen LogP contribution in [0.25, 0.3) is 0 Å². The molecular weight excluding hydrogens is 330 g/mol. The Kier molecular flexibility index (Phi) is 6.42. The number of hydrogen-bond donors (Lipinski definition) is 1. The summed E-state index contributed by atoms with van der Waals surface area (Å²) in [5, 5.41) is 3.64. The zero-order valence-electron chi connectivity index (χ0n) is 13.9. The Bertz CT molecular complexity index is 581. The van der Waals surface area contributed by atoms with Gasteiger partial charge in [0.1, 0.15) is 5.60 Å². The van der Waals surface area contributed by atoms with E-state index in [2.05, 4.69) is 17.5 Å². The maximum absolute atomic E-state index is 11.6. The quantitative estimate of drug-likeness (QED) is 0.805. The van der Waals surface area contributed by atoms with Crippen LogP contribution in [0.4, 0.5) is 4.79 Å². The van der Waals surface area contributed by atoms with Gasteiger partial charge in [0, 0.05) is 17.3 Å². The second-order valence-corrected chi connectivity index (χ2v) is 8.23. The highest BCUT2D eigenvalue weighted by atomic mass is 35.5. The number of alkyl carbamates (subject to hydrolysis) is 1. The molecule has 5 heteroatoms. The summed E-state index contributed by atoms with van der Waals surface area (Å²) < 4.78 is 5.22. The minimum atomic E-state index is -0.453. The second-order valence-electron chi connectivity index (χ2n) is 6.68. The molecule has 0 saturated heterocycles. The molecule has 0 radical (unpaired) electrons. The summed E-state index contributed by atoms with van der Waals surface area (Å²) in [6.07, 6.45) is 3.78. The molecule has 1 aromatic rings. The summed E-state index contributed by atoms with van der Waals surface area (Å²) in [7, 11) is 0. The number of carbonyl (C=O) groups excluding carboxylic acids is 1. The van der Waals surface area contributed by atoms with E-state index in [4.69, 9.17) is 16.3 Å². The molecule has 1 heterocycles. The lowest BCUT2D eigenvalue weighted by Gasteiger charge is -2.19. The van der Waals surface area contributed by atoms with Crippen molar-refractivity contribution in [1.82, 2.24) is 5.32 Å². The molecule has 0 aromatic heterocycles. The Morgan fingerprint density at radius 2 is 2.13 bits per heavy atom. The molecule has 0 aliphatic carbocycles. The Morgan fingerprint density at radius 1 is 1.39 bits per heavy atom. The number of benzene rings is 1. The first kappa shape index (κ1) is 18.2. The van der Waals surface area contributed by atoms with E-state index < -0.39 is 5.60 Å². The molecule has 0 spiro atoms. The third-order valence-corrected chi connectivity index (χ3v) is 5.06. The van der Waals surface area contributed by atoms with Crippen molar-refractivity contribution in [1.29, 1.82) is 0 Å². The number of hydrogen-bond acceptors (Lipinski definition) is 3. The van der Waals surface area contributed by atoms with Crippen LogP contribution < -0.4 is 5.32 Å². The monoisotopic (exact) mass is 353 g/mol. The minimum Gasteiger partial charge on any atom is -0.444 e. The van der Waals surface area contributed by atoms with Crippen LogP contribution in [0, 0.1) is 5.92 Å². The number of carbonyl (C=O) groups is 1. The van der Waals surface area contributed by atoms with Crippen LogP contribution in [0.1, 0.15) is 32.8 Å². The van der Waals surface area contributed by atoms with Crippen molar-refractivity contribution in [3.8, 4) is 0 Å². The van der Waals surface area contributed by atoms with Gasteiger partial charge in [-0.1, -0.05) is 35.9 Å². The van der Waals surface area contributed by atoms with Crippen LogP contribution >= 0.6 is 23.4 Å². The first-order chi connectivity index (χ1) is 10.8. The topological polar surface area (TPSA) is 38.3 Å². The van der Waals surface area contributed by atoms with Crippen LogP contribution in [-0.4, -0.2) is 24.0 Å². The van der Waals surface area contributed by atoms with E-state index >= 15 is 0 Å². The molecule has 3 nitrogen and oxygen atoms in total. The second kappa shape index (κ2) is 8.11. The smallest absolute Gasteiger partial charge is 0.407 e. The van der Waals surface area contributed by atoms with Crippen LogP contribution in [0.5, 0.6) is 0 Å². The lowest BCUT2D eigenvalue weighted by atomic mass is 10.0. The highest BCUT2D eigenvalue weighted by molar-refractivity contribution is 8.03. The molecule has 1 aliphatic heterocycles. The third-order valence-electron chi connectivity index (χ3n) is 3.38. The van der Waals surface area contributed by atoms with Gasteiger partial charge in [-0.15, -0.1) is 11.8 Å². The maximum atomic E-state index is 11.6. The fourth-order valence-corrected chi connectivity index (χ4v) is 3.79. The van der Waals surface area contributed by atoms with Crippen molar-refractivity contribution in [2.45, 2.75) is 39.2 Å². The van der Waals surface area contributed by atoms with E-state index in [9.17, 15) is 4.79 Å². The van der Waals surface area contributed by atoms with Gasteiger partial charge in [0.2, 0.25) is 0 Å². The Morgan fingerprint density at radius 3 is 2.83 bits per heavy atom. The van der Waals surface area contributed by atoms with Crippen LogP contribution in [0.15, 0.2) is 35.2 Å². The molecule has 0 saturated carbocycles. The molecule has 1 amide bonds. The molecule has 0 bridgehead atoms. The highest BCUT2D eigenvalue weighted by Crippen LogP contribution is 2.34. The van der Waals surface area contributed by atoms with Gasteiger partial charge in [0.15, 0.2) is 0 Å².